The van der Waals surface area contributed by atoms with Crippen LogP contribution in [0.25, 0.3) is 11.3 Å². The third-order valence-corrected chi connectivity index (χ3v) is 5.10. The first kappa shape index (κ1) is 29.2. The van der Waals surface area contributed by atoms with Crippen LogP contribution in [0, 0.1) is 0 Å². The summed E-state index contributed by atoms with van der Waals surface area (Å²) in [7, 11) is 0. The number of nitrogens with one attached hydrogen (secondary N) is 2. The number of aromatic nitrogens is 1. The van der Waals surface area contributed by atoms with Gasteiger partial charge in [0, 0.05) is 23.4 Å². The van der Waals surface area contributed by atoms with E-state index in [4.69, 9.17) is 9.47 Å². The highest BCUT2D eigenvalue weighted by molar-refractivity contribution is 6.12. The van der Waals surface area contributed by atoms with E-state index in [9.17, 15) is 27.6 Å². The van der Waals surface area contributed by atoms with Crippen molar-refractivity contribution in [1.82, 2.24) is 4.98 Å². The molecule has 2 N–H and O–H groups in total. The van der Waals surface area contributed by atoms with Crippen LogP contribution >= 0.6 is 0 Å². The van der Waals surface area contributed by atoms with Crippen molar-refractivity contribution in [3.63, 3.8) is 0 Å². The van der Waals surface area contributed by atoms with Gasteiger partial charge in [-0.25, -0.2) is 4.79 Å². The molecule has 2 amide bonds. The van der Waals surface area contributed by atoms with Crippen molar-refractivity contribution >= 4 is 29.2 Å². The van der Waals surface area contributed by atoms with Crippen molar-refractivity contribution in [2.75, 3.05) is 17.2 Å². The van der Waals surface area contributed by atoms with E-state index in [1.54, 1.807) is 63.4 Å². The second-order valence-corrected chi connectivity index (χ2v) is 9.40. The average Bonchev–Trinajstić information content (AvgIpc) is 2.84. The van der Waals surface area contributed by atoms with Crippen molar-refractivity contribution in [2.24, 2.45) is 0 Å². The summed E-state index contributed by atoms with van der Waals surface area (Å²) in [6.45, 7) is 6.27. The number of hydrogen-bond acceptors (Lipinski definition) is 6. The van der Waals surface area contributed by atoms with E-state index in [0.29, 0.717) is 17.3 Å². The molecule has 206 valence electrons. The molecule has 0 unspecified atom stereocenters. The van der Waals surface area contributed by atoms with E-state index in [1.807, 2.05) is 0 Å². The normalized spacial score (nSPS) is 11.5. The van der Waals surface area contributed by atoms with Gasteiger partial charge < -0.3 is 14.8 Å². The van der Waals surface area contributed by atoms with Crippen LogP contribution in [0.15, 0.2) is 60.8 Å². The molecule has 0 fully saturated rings. The molecular formula is C28H28F3N3O5. The lowest BCUT2D eigenvalue weighted by atomic mass is 10.0. The number of anilines is 2. The molecule has 0 aliphatic carbocycles. The topological polar surface area (TPSA) is 107 Å². The Morgan fingerprint density at radius 1 is 0.923 bits per heavy atom. The minimum Gasteiger partial charge on any atom is -0.493 e. The van der Waals surface area contributed by atoms with Gasteiger partial charge in [-0.3, -0.25) is 19.9 Å². The number of benzene rings is 2. The highest BCUT2D eigenvalue weighted by Gasteiger charge is 2.36. The summed E-state index contributed by atoms with van der Waals surface area (Å²) in [6, 6.07) is 13.4. The van der Waals surface area contributed by atoms with Crippen LogP contribution in [-0.4, -0.2) is 35.0 Å². The fourth-order valence-corrected chi connectivity index (χ4v) is 3.52. The van der Waals surface area contributed by atoms with Crippen molar-refractivity contribution < 1.29 is 37.0 Å². The van der Waals surface area contributed by atoms with Crippen LogP contribution in [0.4, 0.5) is 29.3 Å². The van der Waals surface area contributed by atoms with Gasteiger partial charge in [0.2, 0.25) is 5.91 Å². The molecule has 8 nitrogen and oxygen atoms in total. The standard InChI is InChI=1S/C28H28F3N3O5/c1-5-38-24-15-22(34-26(37)39-27(2,3)4)21(14-19(24)28(29,30)31)33-25(36)16-23(35)18-10-8-9-17(13-18)20-11-6-7-12-32-20/h6-15H,5,16H2,1-4H3,(H,33,36)(H,34,37). The van der Waals surface area contributed by atoms with Gasteiger partial charge in [0.1, 0.15) is 11.4 Å². The van der Waals surface area contributed by atoms with E-state index in [0.717, 1.165) is 6.07 Å². The maximum Gasteiger partial charge on any atom is 0.420 e. The lowest BCUT2D eigenvalue weighted by molar-refractivity contribution is -0.138. The Kier molecular flexibility index (Phi) is 8.95. The summed E-state index contributed by atoms with van der Waals surface area (Å²) in [4.78, 5) is 42.2. The van der Waals surface area contributed by atoms with E-state index in [1.165, 1.54) is 13.0 Å². The first-order valence-electron chi connectivity index (χ1n) is 12.0. The highest BCUT2D eigenvalue weighted by Crippen LogP contribution is 2.41. The lowest BCUT2D eigenvalue weighted by Crippen LogP contribution is -2.28. The Hall–Kier alpha value is -4.41. The number of amides is 2. The van der Waals surface area contributed by atoms with Gasteiger partial charge in [-0.2, -0.15) is 13.2 Å². The maximum absolute atomic E-state index is 13.8. The Morgan fingerprint density at radius 3 is 2.26 bits per heavy atom. The van der Waals surface area contributed by atoms with Crippen molar-refractivity contribution in [3.05, 3.63) is 71.9 Å². The minimum absolute atomic E-state index is 0.0767. The molecule has 0 bridgehead atoms. The monoisotopic (exact) mass is 543 g/mol. The molecule has 0 spiro atoms. The predicted molar refractivity (Wildman–Crippen MR) is 140 cm³/mol. The van der Waals surface area contributed by atoms with Crippen molar-refractivity contribution in [2.45, 2.75) is 45.9 Å². The first-order chi connectivity index (χ1) is 18.3. The Morgan fingerprint density at radius 2 is 1.64 bits per heavy atom. The molecule has 0 aliphatic heterocycles. The largest absolute Gasteiger partial charge is 0.493 e. The molecule has 3 rings (SSSR count). The fraction of sp³-hybridized carbons (Fsp3) is 0.286. The summed E-state index contributed by atoms with van der Waals surface area (Å²) < 4.78 is 51.6. The van der Waals surface area contributed by atoms with E-state index in [-0.39, 0.29) is 23.5 Å². The number of carbonyl (C=O) groups excluding carboxylic acids is 3. The molecule has 0 atom stereocenters. The van der Waals surface area contributed by atoms with Gasteiger partial charge in [0.25, 0.3) is 0 Å². The summed E-state index contributed by atoms with van der Waals surface area (Å²) in [5.41, 5.74) is -1.11. The van der Waals surface area contributed by atoms with Crippen molar-refractivity contribution in [3.8, 4) is 17.0 Å². The van der Waals surface area contributed by atoms with E-state index in [2.05, 4.69) is 15.6 Å². The molecule has 0 radical (unpaired) electrons. The van der Waals surface area contributed by atoms with Crippen LogP contribution in [0.1, 0.15) is 50.0 Å². The third-order valence-electron chi connectivity index (χ3n) is 5.10. The maximum atomic E-state index is 13.8. The number of rotatable bonds is 8. The number of Topliss-reactive ketones (excluding diaryl/α,β-unsaturated/α-hetero) is 1. The SMILES string of the molecule is CCOc1cc(NC(=O)OC(C)(C)C)c(NC(=O)CC(=O)c2cccc(-c3ccccn3)c2)cc1C(F)(F)F. The first-order valence-corrected chi connectivity index (χ1v) is 12.0. The molecule has 1 aromatic heterocycles. The number of hydrogen-bond donors (Lipinski definition) is 2. The summed E-state index contributed by atoms with van der Waals surface area (Å²) in [5.74, 6) is -1.99. The second kappa shape index (κ2) is 12.0. The van der Waals surface area contributed by atoms with Crippen LogP contribution in [0.5, 0.6) is 5.75 Å². The molecular weight excluding hydrogens is 515 g/mol. The number of halogens is 3. The Balaban J connectivity index is 1.88. The molecule has 2 aromatic carbocycles. The molecule has 39 heavy (non-hydrogen) atoms. The van der Waals surface area contributed by atoms with E-state index < -0.39 is 47.3 Å². The molecule has 3 aromatic rings. The quantitative estimate of drug-likeness (QED) is 0.241. The zero-order valence-electron chi connectivity index (χ0n) is 21.8. The average molecular weight is 544 g/mol. The highest BCUT2D eigenvalue weighted by atomic mass is 19.4. The molecule has 0 aliphatic rings. The Labute approximate surface area is 223 Å². The number of carbonyl (C=O) groups is 3. The van der Waals surface area contributed by atoms with Crippen LogP contribution in [-0.2, 0) is 15.7 Å². The van der Waals surface area contributed by atoms with Crippen LogP contribution in [0.3, 0.4) is 0 Å². The number of alkyl halides is 3. The van der Waals surface area contributed by atoms with Crippen LogP contribution in [0.2, 0.25) is 0 Å². The van der Waals surface area contributed by atoms with Gasteiger partial charge in [-0.05, 0) is 52.0 Å². The van der Waals surface area contributed by atoms with Crippen molar-refractivity contribution in [1.29, 1.82) is 0 Å². The summed E-state index contributed by atoms with van der Waals surface area (Å²) in [5, 5.41) is 4.66. The van der Waals surface area contributed by atoms with E-state index >= 15 is 0 Å². The second-order valence-electron chi connectivity index (χ2n) is 9.40. The number of pyridine rings is 1. The van der Waals surface area contributed by atoms with Gasteiger partial charge in [0.15, 0.2) is 5.78 Å². The minimum atomic E-state index is -4.82. The zero-order valence-corrected chi connectivity index (χ0v) is 21.8. The summed E-state index contributed by atoms with van der Waals surface area (Å²) in [6.07, 6.45) is -4.84. The van der Waals surface area contributed by atoms with Gasteiger partial charge in [-0.1, -0.05) is 24.3 Å². The molecule has 0 saturated carbocycles. The molecule has 1 heterocycles. The molecule has 11 heteroatoms. The van der Waals surface area contributed by atoms with Gasteiger partial charge in [-0.15, -0.1) is 0 Å². The lowest BCUT2D eigenvalue weighted by Gasteiger charge is -2.22. The summed E-state index contributed by atoms with van der Waals surface area (Å²) >= 11 is 0. The van der Waals surface area contributed by atoms with Gasteiger partial charge in [0.05, 0.1) is 35.7 Å². The smallest absolute Gasteiger partial charge is 0.420 e. The van der Waals surface area contributed by atoms with Gasteiger partial charge >= 0.3 is 12.3 Å². The molecule has 0 saturated heterocycles. The third kappa shape index (κ3) is 8.29. The number of ketones is 1. The number of ether oxygens (including phenoxy) is 2. The Bertz CT molecular complexity index is 1350. The predicted octanol–water partition coefficient (Wildman–Crippen LogP) is 6.72. The number of nitrogens with zero attached hydrogens (tertiary/aromatic N) is 1. The van der Waals surface area contributed by atoms with Crippen LogP contribution < -0.4 is 15.4 Å². The zero-order chi connectivity index (χ0) is 28.8. The fourth-order valence-electron chi connectivity index (χ4n) is 3.52.